The van der Waals surface area contributed by atoms with Crippen LogP contribution in [0.1, 0.15) is 21.5 Å². The van der Waals surface area contributed by atoms with Crippen molar-refractivity contribution in [1.29, 1.82) is 0 Å². The van der Waals surface area contributed by atoms with Gasteiger partial charge >= 0.3 is 5.97 Å². The molecule has 6 nitrogen and oxygen atoms in total. The molecule has 6 heteroatoms. The number of hydrogen-bond acceptors (Lipinski definition) is 5. The molecular weight excluding hydrogens is 310 g/mol. The van der Waals surface area contributed by atoms with Crippen LogP contribution in [0.3, 0.4) is 0 Å². The third-order valence-electron chi connectivity index (χ3n) is 3.75. The van der Waals surface area contributed by atoms with Crippen LogP contribution in [0, 0.1) is 0 Å². The van der Waals surface area contributed by atoms with Crippen molar-refractivity contribution in [1.82, 2.24) is 5.32 Å². The van der Waals surface area contributed by atoms with Crippen molar-refractivity contribution >= 4 is 5.97 Å². The highest BCUT2D eigenvalue weighted by atomic mass is 16.6. The van der Waals surface area contributed by atoms with Crippen molar-refractivity contribution < 1.29 is 24.1 Å². The minimum Gasteiger partial charge on any atom is -0.493 e. The predicted molar refractivity (Wildman–Crippen MR) is 87.9 cm³/mol. The summed E-state index contributed by atoms with van der Waals surface area (Å²) in [7, 11) is 1.61. The number of ether oxygens (including phenoxy) is 3. The highest BCUT2D eigenvalue weighted by molar-refractivity contribution is 5.87. The van der Waals surface area contributed by atoms with Gasteiger partial charge in [0.05, 0.1) is 12.7 Å². The third-order valence-corrected chi connectivity index (χ3v) is 3.75. The molecule has 0 aromatic heterocycles. The van der Waals surface area contributed by atoms with Gasteiger partial charge in [0.25, 0.3) is 0 Å². The molecule has 2 aromatic rings. The zero-order valence-corrected chi connectivity index (χ0v) is 13.4. The van der Waals surface area contributed by atoms with Gasteiger partial charge in [0.15, 0.2) is 11.5 Å². The Hall–Kier alpha value is -2.73. The summed E-state index contributed by atoms with van der Waals surface area (Å²) in [4.78, 5) is 10.8. The Balaban J connectivity index is 1.63. The summed E-state index contributed by atoms with van der Waals surface area (Å²) >= 11 is 0. The van der Waals surface area contributed by atoms with Gasteiger partial charge in [-0.3, -0.25) is 0 Å². The minimum absolute atomic E-state index is 0.287. The van der Waals surface area contributed by atoms with E-state index in [9.17, 15) is 4.79 Å². The highest BCUT2D eigenvalue weighted by Gasteiger charge is 2.18. The van der Waals surface area contributed by atoms with Crippen LogP contribution in [-0.2, 0) is 13.1 Å². The molecule has 1 heterocycles. The van der Waals surface area contributed by atoms with Crippen LogP contribution in [0.5, 0.6) is 17.2 Å². The van der Waals surface area contributed by atoms with Gasteiger partial charge in [0.1, 0.15) is 13.2 Å². The largest absolute Gasteiger partial charge is 0.493 e. The summed E-state index contributed by atoms with van der Waals surface area (Å²) < 4.78 is 16.6. The first-order valence-electron chi connectivity index (χ1n) is 7.67. The molecule has 0 spiro atoms. The molecule has 0 aliphatic carbocycles. The molecule has 0 radical (unpaired) electrons. The van der Waals surface area contributed by atoms with Gasteiger partial charge in [-0.05, 0) is 35.4 Å². The summed E-state index contributed by atoms with van der Waals surface area (Å²) in [6.45, 7) is 2.32. The standard InChI is InChI=1S/C18H19NO5/c1-22-15-8-13(9-16-17(15)24-7-6-23-16)11-19-10-12-2-4-14(5-3-12)18(20)21/h2-5,8-9,19H,6-7,10-11H2,1H3,(H,20,21). The van der Waals surface area contributed by atoms with Gasteiger partial charge in [0.2, 0.25) is 5.75 Å². The number of fused-ring (bicyclic) bond motifs is 1. The van der Waals surface area contributed by atoms with Crippen LogP contribution in [0.25, 0.3) is 0 Å². The van der Waals surface area contributed by atoms with Gasteiger partial charge in [-0.15, -0.1) is 0 Å². The SMILES string of the molecule is COc1cc(CNCc2ccc(C(=O)O)cc2)cc2c1OCCO2. The van der Waals surface area contributed by atoms with E-state index in [1.807, 2.05) is 12.1 Å². The molecular formula is C18H19NO5. The first-order valence-corrected chi connectivity index (χ1v) is 7.67. The van der Waals surface area contributed by atoms with E-state index in [2.05, 4.69) is 5.32 Å². The second-order valence-corrected chi connectivity index (χ2v) is 5.43. The van der Waals surface area contributed by atoms with Crippen molar-refractivity contribution in [2.45, 2.75) is 13.1 Å². The Kier molecular flexibility index (Phi) is 4.86. The molecule has 0 saturated heterocycles. The molecule has 126 valence electrons. The van der Waals surface area contributed by atoms with Crippen molar-refractivity contribution in [2.75, 3.05) is 20.3 Å². The van der Waals surface area contributed by atoms with E-state index in [1.54, 1.807) is 31.4 Å². The van der Waals surface area contributed by atoms with Gasteiger partial charge in [-0.2, -0.15) is 0 Å². The number of carbonyl (C=O) groups is 1. The van der Waals surface area contributed by atoms with Crippen LogP contribution in [-0.4, -0.2) is 31.4 Å². The summed E-state index contributed by atoms with van der Waals surface area (Å²) in [6, 6.07) is 10.7. The lowest BCUT2D eigenvalue weighted by Crippen LogP contribution is -2.17. The summed E-state index contributed by atoms with van der Waals surface area (Å²) in [5.74, 6) is 1.09. The summed E-state index contributed by atoms with van der Waals surface area (Å²) in [5.41, 5.74) is 2.33. The number of nitrogens with one attached hydrogen (secondary N) is 1. The van der Waals surface area contributed by atoms with Gasteiger partial charge in [0, 0.05) is 13.1 Å². The Bertz CT molecular complexity index is 710. The molecule has 2 aromatic carbocycles. The van der Waals surface area contributed by atoms with E-state index in [-0.39, 0.29) is 5.56 Å². The molecule has 0 unspecified atom stereocenters. The number of methoxy groups -OCH3 is 1. The smallest absolute Gasteiger partial charge is 0.335 e. The summed E-state index contributed by atoms with van der Waals surface area (Å²) in [6.07, 6.45) is 0. The van der Waals surface area contributed by atoms with Gasteiger partial charge in [-0.1, -0.05) is 12.1 Å². The Morgan fingerprint density at radius 1 is 1.12 bits per heavy atom. The molecule has 1 aliphatic rings. The fourth-order valence-electron chi connectivity index (χ4n) is 2.55. The number of carboxylic acids is 1. The van der Waals surface area contributed by atoms with E-state index in [0.29, 0.717) is 43.6 Å². The van der Waals surface area contributed by atoms with Crippen molar-refractivity contribution in [3.63, 3.8) is 0 Å². The maximum atomic E-state index is 10.8. The molecule has 2 N–H and O–H groups in total. The first-order chi connectivity index (χ1) is 11.7. The number of benzene rings is 2. The lowest BCUT2D eigenvalue weighted by Gasteiger charge is -2.21. The maximum Gasteiger partial charge on any atom is 0.335 e. The van der Waals surface area contributed by atoms with Gasteiger partial charge < -0.3 is 24.6 Å². The average molecular weight is 329 g/mol. The fourth-order valence-corrected chi connectivity index (χ4v) is 2.55. The Morgan fingerprint density at radius 2 is 1.83 bits per heavy atom. The topological polar surface area (TPSA) is 77.0 Å². The average Bonchev–Trinajstić information content (AvgIpc) is 2.61. The second kappa shape index (κ2) is 7.23. The monoisotopic (exact) mass is 329 g/mol. The number of rotatable bonds is 6. The summed E-state index contributed by atoms with van der Waals surface area (Å²) in [5, 5.41) is 12.2. The van der Waals surface area contributed by atoms with Crippen LogP contribution < -0.4 is 19.5 Å². The lowest BCUT2D eigenvalue weighted by molar-refractivity contribution is 0.0697. The first kappa shape index (κ1) is 16.1. The quantitative estimate of drug-likeness (QED) is 0.848. The van der Waals surface area contributed by atoms with E-state index >= 15 is 0 Å². The number of carboxylic acid groups (broad SMARTS) is 1. The zero-order chi connectivity index (χ0) is 16.9. The second-order valence-electron chi connectivity index (χ2n) is 5.43. The van der Waals surface area contributed by atoms with Crippen LogP contribution in [0.4, 0.5) is 0 Å². The van der Waals surface area contributed by atoms with E-state index in [1.165, 1.54) is 0 Å². The fraction of sp³-hybridized carbons (Fsp3) is 0.278. The van der Waals surface area contributed by atoms with Crippen molar-refractivity contribution in [3.8, 4) is 17.2 Å². The molecule has 24 heavy (non-hydrogen) atoms. The molecule has 0 bridgehead atoms. The van der Waals surface area contributed by atoms with Crippen LogP contribution in [0.2, 0.25) is 0 Å². The van der Waals surface area contributed by atoms with Crippen LogP contribution in [0.15, 0.2) is 36.4 Å². The number of hydrogen-bond donors (Lipinski definition) is 2. The van der Waals surface area contributed by atoms with Gasteiger partial charge in [-0.25, -0.2) is 4.79 Å². The van der Waals surface area contributed by atoms with E-state index in [4.69, 9.17) is 19.3 Å². The molecule has 0 fully saturated rings. The molecule has 0 amide bonds. The zero-order valence-electron chi connectivity index (χ0n) is 13.4. The third kappa shape index (κ3) is 3.60. The van der Waals surface area contributed by atoms with Crippen molar-refractivity contribution in [3.05, 3.63) is 53.1 Å². The van der Waals surface area contributed by atoms with E-state index < -0.39 is 5.97 Å². The van der Waals surface area contributed by atoms with Crippen molar-refractivity contribution in [2.24, 2.45) is 0 Å². The Morgan fingerprint density at radius 3 is 2.54 bits per heavy atom. The Labute approximate surface area is 140 Å². The molecule has 3 rings (SSSR count). The predicted octanol–water partition coefficient (Wildman–Crippen LogP) is 2.45. The maximum absolute atomic E-state index is 10.8. The van der Waals surface area contributed by atoms with Crippen LogP contribution >= 0.6 is 0 Å². The highest BCUT2D eigenvalue weighted by Crippen LogP contribution is 2.40. The molecule has 0 saturated carbocycles. The number of aromatic carboxylic acids is 1. The van der Waals surface area contributed by atoms with E-state index in [0.717, 1.165) is 11.1 Å². The molecule has 0 atom stereocenters. The normalized spacial score (nSPS) is 12.7. The lowest BCUT2D eigenvalue weighted by atomic mass is 10.1. The minimum atomic E-state index is -0.919. The molecule has 1 aliphatic heterocycles.